The number of anilines is 1. The fourth-order valence-electron chi connectivity index (χ4n) is 8.09. The summed E-state index contributed by atoms with van der Waals surface area (Å²) in [6.07, 6.45) is 4.20. The van der Waals surface area contributed by atoms with Gasteiger partial charge in [-0.1, -0.05) is 35.9 Å². The lowest BCUT2D eigenvalue weighted by Crippen LogP contribution is -2.43. The van der Waals surface area contributed by atoms with Gasteiger partial charge in [0, 0.05) is 49.1 Å². The maximum absolute atomic E-state index is 16.6. The number of hydrogen-bond acceptors (Lipinski definition) is 8. The first-order valence-corrected chi connectivity index (χ1v) is 15.4. The Morgan fingerprint density at radius 2 is 1.93 bits per heavy atom. The van der Waals surface area contributed by atoms with E-state index in [1.807, 2.05) is 12.1 Å². The number of fused-ring (bicyclic) bond motifs is 5. The van der Waals surface area contributed by atoms with Crippen LogP contribution in [0.1, 0.15) is 32.1 Å². The summed E-state index contributed by atoms with van der Waals surface area (Å²) in [5.41, 5.74) is 0.0576. The number of piperidine rings is 1. The number of pyridine rings is 1. The first-order chi connectivity index (χ1) is 20.8. The van der Waals surface area contributed by atoms with Gasteiger partial charge in [0.05, 0.1) is 22.1 Å². The van der Waals surface area contributed by atoms with Gasteiger partial charge in [-0.15, -0.1) is 0 Å². The number of aromatic hydroxyl groups is 1. The van der Waals surface area contributed by atoms with Gasteiger partial charge in [0.15, 0.2) is 5.82 Å². The topological polar surface area (TPSA) is 94.8 Å². The van der Waals surface area contributed by atoms with Crippen molar-refractivity contribution in [3.05, 3.63) is 47.4 Å². The Balaban J connectivity index is 1.25. The normalized spacial score (nSPS) is 28.7. The Kier molecular flexibility index (Phi) is 6.40. The van der Waals surface area contributed by atoms with Crippen LogP contribution in [0.15, 0.2) is 36.5 Å². The lowest BCUT2D eigenvalue weighted by Gasteiger charge is -2.34. The number of phenols is 1. The molecule has 1 aliphatic carbocycles. The molecule has 2 N–H and O–H groups in total. The highest BCUT2D eigenvalue weighted by Gasteiger charge is 2.49. The molecule has 4 aliphatic rings. The Bertz CT molecular complexity index is 1760. The van der Waals surface area contributed by atoms with Crippen LogP contribution in [-0.2, 0) is 0 Å². The summed E-state index contributed by atoms with van der Waals surface area (Å²) in [4.78, 5) is 18.1. The van der Waals surface area contributed by atoms with Crippen molar-refractivity contribution in [3.8, 4) is 23.0 Å². The van der Waals surface area contributed by atoms with E-state index in [2.05, 4.69) is 19.8 Å². The number of alkyl halides is 1. The van der Waals surface area contributed by atoms with Crippen molar-refractivity contribution < 1.29 is 23.7 Å². The summed E-state index contributed by atoms with van der Waals surface area (Å²) in [6, 6.07) is 8.65. The predicted molar refractivity (Wildman–Crippen MR) is 160 cm³/mol. The number of aliphatic hydroxyl groups is 1. The maximum atomic E-state index is 16.6. The Hall–Kier alpha value is -3.34. The van der Waals surface area contributed by atoms with Gasteiger partial charge in [0.1, 0.15) is 35.6 Å². The van der Waals surface area contributed by atoms with Crippen LogP contribution in [0.3, 0.4) is 0 Å². The number of halogens is 3. The third kappa shape index (κ3) is 4.40. The smallest absolute Gasteiger partial charge is 0.319 e. The quantitative estimate of drug-likeness (QED) is 0.307. The minimum absolute atomic E-state index is 0.0250. The Labute approximate surface area is 252 Å². The molecule has 0 unspecified atom stereocenters. The zero-order valence-electron chi connectivity index (χ0n) is 23.5. The van der Waals surface area contributed by atoms with Crippen molar-refractivity contribution in [1.82, 2.24) is 19.9 Å². The molecule has 2 aromatic carbocycles. The van der Waals surface area contributed by atoms with E-state index < -0.39 is 17.5 Å². The number of aliphatic hydroxyl groups excluding tert-OH is 1. The molecule has 0 spiro atoms. The van der Waals surface area contributed by atoms with Gasteiger partial charge in [-0.3, -0.25) is 9.88 Å². The van der Waals surface area contributed by atoms with Crippen molar-refractivity contribution >= 4 is 39.1 Å². The van der Waals surface area contributed by atoms with E-state index in [9.17, 15) is 14.6 Å². The number of rotatable bonds is 5. The van der Waals surface area contributed by atoms with E-state index in [-0.39, 0.29) is 46.6 Å². The summed E-state index contributed by atoms with van der Waals surface area (Å²) in [5.74, 6) is 0.105. The number of aromatic nitrogens is 3. The predicted octanol–water partition coefficient (Wildman–Crippen LogP) is 5.51. The van der Waals surface area contributed by atoms with Crippen LogP contribution in [-0.4, -0.2) is 80.7 Å². The molecule has 224 valence electrons. The Morgan fingerprint density at radius 1 is 1.09 bits per heavy atom. The Morgan fingerprint density at radius 3 is 2.77 bits per heavy atom. The van der Waals surface area contributed by atoms with Gasteiger partial charge in [-0.05, 0) is 49.6 Å². The molecule has 5 heterocycles. The van der Waals surface area contributed by atoms with E-state index in [0.29, 0.717) is 59.5 Å². The third-order valence-electron chi connectivity index (χ3n) is 10.1. The molecule has 2 bridgehead atoms. The monoisotopic (exact) mass is 607 g/mol. The lowest BCUT2D eigenvalue weighted by molar-refractivity contribution is 0.107. The van der Waals surface area contributed by atoms with Crippen LogP contribution in [0.2, 0.25) is 5.02 Å². The van der Waals surface area contributed by atoms with Gasteiger partial charge in [-0.25, -0.2) is 8.78 Å². The van der Waals surface area contributed by atoms with Crippen LogP contribution in [0.4, 0.5) is 14.6 Å². The summed E-state index contributed by atoms with van der Waals surface area (Å²) in [7, 11) is 0. The molecule has 4 aromatic rings. The van der Waals surface area contributed by atoms with E-state index in [0.717, 1.165) is 32.2 Å². The average Bonchev–Trinajstić information content (AvgIpc) is 3.62. The van der Waals surface area contributed by atoms with Crippen molar-refractivity contribution in [2.45, 2.75) is 49.9 Å². The van der Waals surface area contributed by atoms with E-state index in [1.165, 1.54) is 6.07 Å². The molecule has 3 saturated heterocycles. The van der Waals surface area contributed by atoms with Crippen molar-refractivity contribution in [1.29, 1.82) is 0 Å². The van der Waals surface area contributed by atoms with E-state index in [4.69, 9.17) is 21.3 Å². The van der Waals surface area contributed by atoms with Gasteiger partial charge in [-0.2, -0.15) is 9.97 Å². The van der Waals surface area contributed by atoms with Crippen LogP contribution in [0.25, 0.3) is 32.9 Å². The second-order valence-corrected chi connectivity index (χ2v) is 13.1. The zero-order chi connectivity index (χ0) is 29.5. The van der Waals surface area contributed by atoms with Gasteiger partial charge < -0.3 is 19.8 Å². The molecule has 8 nitrogen and oxygen atoms in total. The van der Waals surface area contributed by atoms with Crippen molar-refractivity contribution in [2.75, 3.05) is 37.7 Å². The van der Waals surface area contributed by atoms with Crippen LogP contribution in [0, 0.1) is 17.7 Å². The second kappa shape index (κ2) is 10.1. The number of ether oxygens (including phenoxy) is 1. The molecule has 1 saturated carbocycles. The number of phenolic OH excluding ortho intramolecular Hbond substituents is 1. The highest BCUT2D eigenvalue weighted by atomic mass is 35.5. The SMILES string of the molecule is Oc1cc(-c2ncc3c(N4C[C@@H]5C[C@H](C4)[C@H](O)C5)nc(OC[C@@]45CCCN4C[C@H](F)C5)nc3c2F)c2ccccc2c1Cl. The first-order valence-electron chi connectivity index (χ1n) is 15.0. The fraction of sp³-hybridized carbons (Fsp3) is 0.469. The number of nitrogens with zero attached hydrogens (tertiary/aromatic N) is 5. The maximum Gasteiger partial charge on any atom is 0.319 e. The van der Waals surface area contributed by atoms with E-state index in [1.54, 1.807) is 18.3 Å². The van der Waals surface area contributed by atoms with Gasteiger partial charge in [0.2, 0.25) is 0 Å². The highest BCUT2D eigenvalue weighted by molar-refractivity contribution is 6.37. The molecule has 0 radical (unpaired) electrons. The minimum Gasteiger partial charge on any atom is -0.506 e. The molecule has 3 aliphatic heterocycles. The first kappa shape index (κ1) is 27.2. The van der Waals surface area contributed by atoms with Gasteiger partial charge in [0.25, 0.3) is 0 Å². The van der Waals surface area contributed by atoms with Gasteiger partial charge >= 0.3 is 6.01 Å². The van der Waals surface area contributed by atoms with Crippen LogP contribution < -0.4 is 9.64 Å². The molecule has 43 heavy (non-hydrogen) atoms. The standard InChI is InChI=1S/C32H32ClF2N5O3/c33-26-21-5-2-1-4-20(21)22(10-25(26)42)28-27(35)29-23(12-36-28)30(39-13-17-8-18(14-39)24(41)9-17)38-31(37-29)43-16-32-6-3-7-40(32)15-19(34)11-32/h1-2,4-5,10,12,17-19,24,41-42H,3,6-9,11,13-16H2/t17-,18-,19-,24-,32+/m1/s1. The van der Waals surface area contributed by atoms with Crippen molar-refractivity contribution in [2.24, 2.45) is 11.8 Å². The van der Waals surface area contributed by atoms with Crippen LogP contribution >= 0.6 is 11.6 Å². The molecular formula is C32H32ClF2N5O3. The van der Waals surface area contributed by atoms with Crippen LogP contribution in [0.5, 0.6) is 11.8 Å². The molecule has 11 heteroatoms. The number of benzene rings is 2. The molecule has 2 aromatic heterocycles. The largest absolute Gasteiger partial charge is 0.506 e. The summed E-state index contributed by atoms with van der Waals surface area (Å²) in [5, 5.41) is 23.0. The lowest BCUT2D eigenvalue weighted by atomic mass is 9.95. The minimum atomic E-state index is -0.899. The van der Waals surface area contributed by atoms with E-state index >= 15 is 4.39 Å². The summed E-state index contributed by atoms with van der Waals surface area (Å²) < 4.78 is 37.3. The molecule has 4 fully saturated rings. The molecule has 5 atom stereocenters. The summed E-state index contributed by atoms with van der Waals surface area (Å²) >= 11 is 6.37. The highest BCUT2D eigenvalue weighted by Crippen LogP contribution is 2.44. The zero-order valence-corrected chi connectivity index (χ0v) is 24.3. The molecule has 8 rings (SSSR count). The molecule has 0 amide bonds. The van der Waals surface area contributed by atoms with Crippen molar-refractivity contribution in [3.63, 3.8) is 0 Å². The fourth-order valence-corrected chi connectivity index (χ4v) is 8.31. The number of hydrogen-bond donors (Lipinski definition) is 2. The molecular weight excluding hydrogens is 576 g/mol. The average molecular weight is 608 g/mol. The second-order valence-electron chi connectivity index (χ2n) is 12.7. The third-order valence-corrected chi connectivity index (χ3v) is 10.5. The summed E-state index contributed by atoms with van der Waals surface area (Å²) in [6.45, 7) is 2.72.